The van der Waals surface area contributed by atoms with Crippen LogP contribution in [0.1, 0.15) is 0 Å². The molecular weight excluding hydrogens is 645 g/mol. The molecule has 0 atom stereocenters. The van der Waals surface area contributed by atoms with Crippen molar-refractivity contribution in [1.82, 2.24) is 19.5 Å². The Labute approximate surface area is 307 Å². The number of fused-ring (bicyclic) bond motifs is 5. The molecule has 0 saturated carbocycles. The molecule has 4 heteroatoms. The van der Waals surface area contributed by atoms with Crippen molar-refractivity contribution in [2.24, 2.45) is 0 Å². The van der Waals surface area contributed by atoms with Crippen molar-refractivity contribution < 1.29 is 0 Å². The zero-order valence-electron chi connectivity index (χ0n) is 28.8. The Morgan fingerprint density at radius 3 is 1.58 bits per heavy atom. The first kappa shape index (κ1) is 30.6. The Morgan fingerprint density at radius 1 is 0.358 bits per heavy atom. The molecule has 0 saturated heterocycles. The number of nitrogens with zero attached hydrogens (tertiary/aromatic N) is 4. The summed E-state index contributed by atoms with van der Waals surface area (Å²) >= 11 is 0. The first-order valence-corrected chi connectivity index (χ1v) is 17.9. The lowest BCUT2D eigenvalue weighted by molar-refractivity contribution is 1.10. The van der Waals surface area contributed by atoms with E-state index >= 15 is 0 Å². The Kier molecular flexibility index (Phi) is 7.43. The SMILES string of the molecule is c1ccc(-c2cc(-c3ccccc3)nc(-c3cccc(-c4ccc5c(ccc6ccc7c(nc(-c8ccccc8)n7-c7ccccc7)c65)c4)c3)n2)cc1. The lowest BCUT2D eigenvalue weighted by Crippen LogP contribution is -1.97. The van der Waals surface area contributed by atoms with E-state index in [9.17, 15) is 0 Å². The molecule has 8 aromatic carbocycles. The summed E-state index contributed by atoms with van der Waals surface area (Å²) in [4.78, 5) is 15.5. The number of para-hydroxylation sites is 1. The lowest BCUT2D eigenvalue weighted by Gasteiger charge is -2.12. The fourth-order valence-electron chi connectivity index (χ4n) is 7.42. The van der Waals surface area contributed by atoms with Crippen LogP contribution in [0.15, 0.2) is 194 Å². The molecule has 4 nitrogen and oxygen atoms in total. The summed E-state index contributed by atoms with van der Waals surface area (Å²) < 4.78 is 2.28. The first-order valence-electron chi connectivity index (χ1n) is 17.9. The number of hydrogen-bond acceptors (Lipinski definition) is 3. The Bertz CT molecular complexity index is 2860. The van der Waals surface area contributed by atoms with Crippen LogP contribution in [0, 0.1) is 0 Å². The number of hydrogen-bond donors (Lipinski definition) is 0. The molecule has 0 spiro atoms. The van der Waals surface area contributed by atoms with Gasteiger partial charge in [-0.15, -0.1) is 0 Å². The normalized spacial score (nSPS) is 11.4. The predicted molar refractivity (Wildman–Crippen MR) is 219 cm³/mol. The van der Waals surface area contributed by atoms with Crippen LogP contribution in [0.3, 0.4) is 0 Å². The van der Waals surface area contributed by atoms with Crippen molar-refractivity contribution >= 4 is 32.6 Å². The third kappa shape index (κ3) is 5.54. The number of benzene rings is 8. The number of aromatic nitrogens is 4. The van der Waals surface area contributed by atoms with Gasteiger partial charge in [-0.1, -0.05) is 158 Å². The molecule has 0 aliphatic heterocycles. The first-order chi connectivity index (χ1) is 26.3. The van der Waals surface area contributed by atoms with E-state index in [1.807, 2.05) is 42.5 Å². The van der Waals surface area contributed by atoms with E-state index in [1.54, 1.807) is 0 Å². The van der Waals surface area contributed by atoms with Crippen molar-refractivity contribution in [2.45, 2.75) is 0 Å². The summed E-state index contributed by atoms with van der Waals surface area (Å²) in [5.41, 5.74) is 11.4. The Hall–Kier alpha value is -7.17. The zero-order valence-corrected chi connectivity index (χ0v) is 28.8. The smallest absolute Gasteiger partial charge is 0.160 e. The molecule has 10 rings (SSSR count). The highest BCUT2D eigenvalue weighted by Crippen LogP contribution is 2.38. The van der Waals surface area contributed by atoms with E-state index in [-0.39, 0.29) is 0 Å². The minimum Gasteiger partial charge on any atom is -0.292 e. The minimum atomic E-state index is 0.699. The van der Waals surface area contributed by atoms with Gasteiger partial charge in [0.05, 0.1) is 22.4 Å². The van der Waals surface area contributed by atoms with Gasteiger partial charge >= 0.3 is 0 Å². The standard InChI is InChI=1S/C49H32N4/c1-5-14-33(15-6-1)43-32-44(34-16-7-2-8-17-34)51-48(50-43)40-21-13-20-37(31-40)38-26-28-42-39(30-38)25-24-35-27-29-45-47(46(35)42)52-49(36-18-9-3-10-19-36)53(45)41-22-11-4-12-23-41/h1-32H. The topological polar surface area (TPSA) is 43.6 Å². The maximum Gasteiger partial charge on any atom is 0.160 e. The van der Waals surface area contributed by atoms with Gasteiger partial charge < -0.3 is 0 Å². The molecule has 2 heterocycles. The van der Waals surface area contributed by atoms with Crippen molar-refractivity contribution in [2.75, 3.05) is 0 Å². The van der Waals surface area contributed by atoms with Crippen LogP contribution in [0.5, 0.6) is 0 Å². The van der Waals surface area contributed by atoms with Gasteiger partial charge in [0.2, 0.25) is 0 Å². The lowest BCUT2D eigenvalue weighted by atomic mass is 9.96. The quantitative estimate of drug-likeness (QED) is 0.165. The minimum absolute atomic E-state index is 0.699. The largest absolute Gasteiger partial charge is 0.292 e. The van der Waals surface area contributed by atoms with Crippen molar-refractivity contribution in [3.8, 4) is 62.1 Å². The van der Waals surface area contributed by atoms with Crippen molar-refractivity contribution in [1.29, 1.82) is 0 Å². The van der Waals surface area contributed by atoms with Crippen LogP contribution in [-0.4, -0.2) is 19.5 Å². The monoisotopic (exact) mass is 676 g/mol. The Morgan fingerprint density at radius 2 is 0.906 bits per heavy atom. The second kappa shape index (κ2) is 12.9. The van der Waals surface area contributed by atoms with E-state index in [0.717, 1.165) is 78.1 Å². The van der Waals surface area contributed by atoms with Gasteiger partial charge in [0.1, 0.15) is 5.82 Å². The highest BCUT2D eigenvalue weighted by atomic mass is 15.1. The molecule has 0 fully saturated rings. The average Bonchev–Trinajstić information content (AvgIpc) is 3.64. The molecule has 0 radical (unpaired) electrons. The van der Waals surface area contributed by atoms with Gasteiger partial charge in [-0.25, -0.2) is 15.0 Å². The van der Waals surface area contributed by atoms with E-state index < -0.39 is 0 Å². The molecule has 2 aromatic heterocycles. The third-order valence-corrected chi connectivity index (χ3v) is 9.99. The molecule has 10 aromatic rings. The fourth-order valence-corrected chi connectivity index (χ4v) is 7.42. The number of rotatable bonds is 6. The highest BCUT2D eigenvalue weighted by Gasteiger charge is 2.18. The molecule has 0 aliphatic carbocycles. The van der Waals surface area contributed by atoms with E-state index in [1.165, 1.54) is 10.8 Å². The summed E-state index contributed by atoms with van der Waals surface area (Å²) in [7, 11) is 0. The molecule has 53 heavy (non-hydrogen) atoms. The Balaban J connectivity index is 1.11. The molecule has 0 amide bonds. The predicted octanol–water partition coefficient (Wildman–Crippen LogP) is 12.5. The second-order valence-electron chi connectivity index (χ2n) is 13.3. The van der Waals surface area contributed by atoms with Crippen LogP contribution < -0.4 is 0 Å². The molecule has 0 N–H and O–H groups in total. The van der Waals surface area contributed by atoms with Gasteiger partial charge in [0, 0.05) is 33.3 Å². The zero-order chi connectivity index (χ0) is 35.1. The van der Waals surface area contributed by atoms with E-state index in [4.69, 9.17) is 15.0 Å². The number of imidazole rings is 1. The van der Waals surface area contributed by atoms with Gasteiger partial charge in [0.15, 0.2) is 5.82 Å². The third-order valence-electron chi connectivity index (χ3n) is 9.99. The van der Waals surface area contributed by atoms with E-state index in [0.29, 0.717) is 5.82 Å². The van der Waals surface area contributed by atoms with Gasteiger partial charge in [-0.2, -0.15) is 0 Å². The van der Waals surface area contributed by atoms with E-state index in [2.05, 4.69) is 156 Å². The van der Waals surface area contributed by atoms with Crippen LogP contribution >= 0.6 is 0 Å². The average molecular weight is 677 g/mol. The van der Waals surface area contributed by atoms with Crippen LogP contribution in [0.25, 0.3) is 94.7 Å². The summed E-state index contributed by atoms with van der Waals surface area (Å²) in [6.07, 6.45) is 0. The highest BCUT2D eigenvalue weighted by molar-refractivity contribution is 6.19. The molecule has 248 valence electrons. The van der Waals surface area contributed by atoms with Crippen molar-refractivity contribution in [3.05, 3.63) is 194 Å². The molecule has 0 bridgehead atoms. The molecular formula is C49H32N4. The van der Waals surface area contributed by atoms with Crippen LogP contribution in [0.4, 0.5) is 0 Å². The summed E-state index contributed by atoms with van der Waals surface area (Å²) in [5, 5.41) is 4.67. The van der Waals surface area contributed by atoms with Crippen LogP contribution in [-0.2, 0) is 0 Å². The van der Waals surface area contributed by atoms with Crippen molar-refractivity contribution in [3.63, 3.8) is 0 Å². The van der Waals surface area contributed by atoms with Gasteiger partial charge in [0.25, 0.3) is 0 Å². The maximum absolute atomic E-state index is 5.37. The summed E-state index contributed by atoms with van der Waals surface area (Å²) in [6, 6.07) is 67.9. The van der Waals surface area contributed by atoms with Gasteiger partial charge in [-0.05, 0) is 63.7 Å². The van der Waals surface area contributed by atoms with Gasteiger partial charge in [-0.3, -0.25) is 4.57 Å². The maximum atomic E-state index is 5.37. The molecule has 0 unspecified atom stereocenters. The summed E-state index contributed by atoms with van der Waals surface area (Å²) in [6.45, 7) is 0. The molecule has 0 aliphatic rings. The van der Waals surface area contributed by atoms with Crippen LogP contribution in [0.2, 0.25) is 0 Å². The second-order valence-corrected chi connectivity index (χ2v) is 13.3. The fraction of sp³-hybridized carbons (Fsp3) is 0. The summed E-state index contributed by atoms with van der Waals surface area (Å²) in [5.74, 6) is 1.63.